The first-order valence-corrected chi connectivity index (χ1v) is 11.0. The number of carboxylic acids is 1. The minimum absolute atomic E-state index is 0.0169. The molecule has 0 fully saturated rings. The number of nitrogens with zero attached hydrogens (tertiary/aromatic N) is 4. The van der Waals surface area contributed by atoms with Gasteiger partial charge in [-0.05, 0) is 64.4 Å². The van der Waals surface area contributed by atoms with Crippen LogP contribution in [-0.4, -0.2) is 11.1 Å². The average molecular weight is 460 g/mol. The molecule has 3 N–H and O–H groups in total. The number of hydrogen-bond acceptors (Lipinski definition) is 6. The molecule has 0 heterocycles. The standard InChI is InChI=1S/C28H21N5O2/c1-17-26(28(34)35)24(32-30-22-12-10-18-6-2-4-8-20(18)14-22)16-25(27(17)29)33-31-23-13-11-19-7-3-5-9-21(19)15-23/h2-16H,29H2,1H3,(H,34,35). The van der Waals surface area contributed by atoms with Crippen LogP contribution in [0.15, 0.2) is 111 Å². The summed E-state index contributed by atoms with van der Waals surface area (Å²) in [4.78, 5) is 12.0. The highest BCUT2D eigenvalue weighted by Gasteiger charge is 2.19. The number of benzene rings is 5. The molecule has 5 rings (SSSR count). The zero-order valence-corrected chi connectivity index (χ0v) is 18.9. The van der Waals surface area contributed by atoms with Gasteiger partial charge in [-0.25, -0.2) is 4.79 Å². The molecular weight excluding hydrogens is 438 g/mol. The molecule has 0 radical (unpaired) electrons. The van der Waals surface area contributed by atoms with E-state index in [0.717, 1.165) is 21.5 Å². The van der Waals surface area contributed by atoms with Gasteiger partial charge in [-0.2, -0.15) is 10.2 Å². The molecule has 0 unspecified atom stereocenters. The maximum atomic E-state index is 12.0. The van der Waals surface area contributed by atoms with E-state index < -0.39 is 5.97 Å². The predicted molar refractivity (Wildman–Crippen MR) is 139 cm³/mol. The van der Waals surface area contributed by atoms with E-state index in [1.807, 2.05) is 84.9 Å². The Bertz CT molecular complexity index is 1660. The van der Waals surface area contributed by atoms with Gasteiger partial charge in [0.1, 0.15) is 11.4 Å². The molecule has 0 atom stereocenters. The smallest absolute Gasteiger partial charge is 0.338 e. The number of hydrogen-bond donors (Lipinski definition) is 2. The summed E-state index contributed by atoms with van der Waals surface area (Å²) >= 11 is 0. The summed E-state index contributed by atoms with van der Waals surface area (Å²) in [5, 5.41) is 31.2. The van der Waals surface area contributed by atoms with Crippen LogP contribution >= 0.6 is 0 Å². The normalized spacial score (nSPS) is 11.7. The fourth-order valence-electron chi connectivity index (χ4n) is 3.93. The molecule has 0 bridgehead atoms. The zero-order chi connectivity index (χ0) is 24.4. The first-order chi connectivity index (χ1) is 17.0. The molecule has 0 aliphatic carbocycles. The summed E-state index contributed by atoms with van der Waals surface area (Å²) in [6, 6.07) is 28.8. The lowest BCUT2D eigenvalue weighted by atomic mass is 10.0. The number of nitrogens with two attached hydrogens (primary N) is 1. The Balaban J connectivity index is 1.53. The first-order valence-electron chi connectivity index (χ1n) is 11.0. The zero-order valence-electron chi connectivity index (χ0n) is 18.9. The monoisotopic (exact) mass is 459 g/mol. The van der Waals surface area contributed by atoms with Crippen molar-refractivity contribution >= 4 is 56.0 Å². The van der Waals surface area contributed by atoms with Crippen molar-refractivity contribution in [1.82, 2.24) is 0 Å². The Hall–Kier alpha value is -4.91. The maximum absolute atomic E-state index is 12.0. The van der Waals surface area contributed by atoms with E-state index in [1.54, 1.807) is 6.92 Å². The summed E-state index contributed by atoms with van der Waals surface area (Å²) in [5.74, 6) is -1.14. The molecule has 5 aromatic carbocycles. The lowest BCUT2D eigenvalue weighted by Crippen LogP contribution is -2.03. The summed E-state index contributed by atoms with van der Waals surface area (Å²) in [6.07, 6.45) is 0. The highest BCUT2D eigenvalue weighted by molar-refractivity contribution is 5.98. The van der Waals surface area contributed by atoms with E-state index in [4.69, 9.17) is 5.73 Å². The maximum Gasteiger partial charge on any atom is 0.338 e. The summed E-state index contributed by atoms with van der Waals surface area (Å²) < 4.78 is 0. The molecule has 5 aromatic rings. The highest BCUT2D eigenvalue weighted by atomic mass is 16.4. The Morgan fingerprint density at radius 2 is 1.14 bits per heavy atom. The highest BCUT2D eigenvalue weighted by Crippen LogP contribution is 2.38. The second-order valence-corrected chi connectivity index (χ2v) is 8.10. The molecule has 0 aliphatic rings. The second-order valence-electron chi connectivity index (χ2n) is 8.10. The van der Waals surface area contributed by atoms with E-state index >= 15 is 0 Å². The van der Waals surface area contributed by atoms with E-state index in [1.165, 1.54) is 6.07 Å². The minimum atomic E-state index is -1.14. The Labute approximate surface area is 201 Å². The number of aromatic carboxylic acids is 1. The third kappa shape index (κ3) is 4.47. The van der Waals surface area contributed by atoms with E-state index in [9.17, 15) is 9.90 Å². The van der Waals surface area contributed by atoms with Crippen molar-refractivity contribution in [2.75, 3.05) is 5.73 Å². The molecule has 35 heavy (non-hydrogen) atoms. The number of rotatable bonds is 5. The van der Waals surface area contributed by atoms with Crippen molar-refractivity contribution < 1.29 is 9.90 Å². The van der Waals surface area contributed by atoms with Gasteiger partial charge in [-0.1, -0.05) is 60.7 Å². The molecule has 0 spiro atoms. The van der Waals surface area contributed by atoms with Gasteiger partial charge in [0.25, 0.3) is 0 Å². The molecule has 0 saturated heterocycles. The predicted octanol–water partition coefficient (Wildman–Crippen LogP) is 8.41. The quantitative estimate of drug-likeness (QED) is 0.203. The molecule has 7 heteroatoms. The lowest BCUT2D eigenvalue weighted by Gasteiger charge is -2.10. The number of carbonyl (C=O) groups is 1. The molecule has 170 valence electrons. The largest absolute Gasteiger partial charge is 0.478 e. The minimum Gasteiger partial charge on any atom is -0.478 e. The van der Waals surface area contributed by atoms with Crippen LogP contribution in [0.25, 0.3) is 21.5 Å². The van der Waals surface area contributed by atoms with Gasteiger partial charge in [0.05, 0.1) is 22.6 Å². The summed E-state index contributed by atoms with van der Waals surface area (Å²) in [7, 11) is 0. The van der Waals surface area contributed by atoms with Crippen LogP contribution in [-0.2, 0) is 0 Å². The van der Waals surface area contributed by atoms with E-state index in [2.05, 4.69) is 20.5 Å². The van der Waals surface area contributed by atoms with Gasteiger partial charge in [0.2, 0.25) is 0 Å². The van der Waals surface area contributed by atoms with Crippen molar-refractivity contribution in [3.8, 4) is 0 Å². The Morgan fingerprint density at radius 1 is 0.657 bits per heavy atom. The van der Waals surface area contributed by atoms with Crippen LogP contribution in [0.5, 0.6) is 0 Å². The fraction of sp³-hybridized carbons (Fsp3) is 0.0357. The fourth-order valence-corrected chi connectivity index (χ4v) is 3.93. The van der Waals surface area contributed by atoms with Crippen LogP contribution in [0.2, 0.25) is 0 Å². The van der Waals surface area contributed by atoms with Gasteiger partial charge in [0, 0.05) is 0 Å². The second kappa shape index (κ2) is 9.15. The van der Waals surface area contributed by atoms with Crippen LogP contribution in [0, 0.1) is 6.92 Å². The van der Waals surface area contributed by atoms with Crippen molar-refractivity contribution in [2.24, 2.45) is 20.5 Å². The lowest BCUT2D eigenvalue weighted by molar-refractivity contribution is 0.0697. The Kier molecular flexibility index (Phi) is 5.73. The summed E-state index contributed by atoms with van der Waals surface area (Å²) in [5.41, 5.74) is 8.55. The average Bonchev–Trinajstić information content (AvgIpc) is 2.88. The topological polar surface area (TPSA) is 113 Å². The van der Waals surface area contributed by atoms with Gasteiger partial charge < -0.3 is 10.8 Å². The first kappa shape index (κ1) is 21.9. The van der Waals surface area contributed by atoms with Crippen LogP contribution in [0.1, 0.15) is 15.9 Å². The van der Waals surface area contributed by atoms with Gasteiger partial charge in [0.15, 0.2) is 0 Å². The van der Waals surface area contributed by atoms with E-state index in [0.29, 0.717) is 22.6 Å². The molecule has 0 saturated carbocycles. The number of fused-ring (bicyclic) bond motifs is 2. The van der Waals surface area contributed by atoms with Crippen molar-refractivity contribution in [1.29, 1.82) is 0 Å². The number of carboxylic acid groups (broad SMARTS) is 1. The SMILES string of the molecule is Cc1c(N)c(N=Nc2ccc3ccccc3c2)cc(N=Nc2ccc3ccccc3c2)c1C(=O)O. The van der Waals surface area contributed by atoms with Crippen LogP contribution in [0.3, 0.4) is 0 Å². The van der Waals surface area contributed by atoms with E-state index in [-0.39, 0.29) is 16.9 Å². The third-order valence-corrected chi connectivity index (χ3v) is 5.81. The summed E-state index contributed by atoms with van der Waals surface area (Å²) in [6.45, 7) is 1.63. The Morgan fingerprint density at radius 3 is 1.66 bits per heavy atom. The molecule has 0 amide bonds. The van der Waals surface area contributed by atoms with Gasteiger partial charge >= 0.3 is 5.97 Å². The number of nitrogen functional groups attached to an aromatic ring is 1. The van der Waals surface area contributed by atoms with Crippen LogP contribution < -0.4 is 5.73 Å². The molecule has 7 nitrogen and oxygen atoms in total. The third-order valence-electron chi connectivity index (χ3n) is 5.81. The van der Waals surface area contributed by atoms with Crippen molar-refractivity contribution in [2.45, 2.75) is 6.92 Å². The molecule has 0 aliphatic heterocycles. The van der Waals surface area contributed by atoms with Crippen LogP contribution in [0.4, 0.5) is 28.4 Å². The van der Waals surface area contributed by atoms with Crippen molar-refractivity contribution in [3.05, 3.63) is 102 Å². The molecular formula is C28H21N5O2. The van der Waals surface area contributed by atoms with Gasteiger partial charge in [-0.3, -0.25) is 0 Å². The number of anilines is 1. The molecule has 0 aromatic heterocycles. The number of azo groups is 2. The van der Waals surface area contributed by atoms with Gasteiger partial charge in [-0.15, -0.1) is 10.2 Å². The van der Waals surface area contributed by atoms with Crippen molar-refractivity contribution in [3.63, 3.8) is 0 Å².